The van der Waals surface area contributed by atoms with Crippen molar-refractivity contribution in [2.24, 2.45) is 0 Å². The van der Waals surface area contributed by atoms with E-state index in [1.165, 1.54) is 4.90 Å². The van der Waals surface area contributed by atoms with Crippen molar-refractivity contribution in [3.8, 4) is 0 Å². The van der Waals surface area contributed by atoms with Crippen LogP contribution in [0.15, 0.2) is 18.2 Å². The minimum absolute atomic E-state index is 0.116. The van der Waals surface area contributed by atoms with Gasteiger partial charge in [-0.15, -0.1) is 0 Å². The van der Waals surface area contributed by atoms with E-state index in [-0.39, 0.29) is 13.1 Å². The van der Waals surface area contributed by atoms with Gasteiger partial charge in [-0.25, -0.2) is 0 Å². The topological polar surface area (TPSA) is 3.24 Å². The van der Waals surface area contributed by atoms with Crippen molar-refractivity contribution >= 4 is 39.1 Å². The van der Waals surface area contributed by atoms with E-state index in [1.807, 2.05) is 0 Å². The SMILES string of the molecule is FC(F)(F)CN(CCBr)Cc1cccc(Cl)c1Cl. The molecule has 0 atom stereocenters. The molecular weight excluding hydrogens is 354 g/mol. The number of halogens is 6. The maximum Gasteiger partial charge on any atom is 0.401 e. The molecule has 7 heteroatoms. The molecule has 0 bridgehead atoms. The quantitative estimate of drug-likeness (QED) is 0.681. The highest BCUT2D eigenvalue weighted by molar-refractivity contribution is 9.09. The molecule has 1 aromatic rings. The first-order valence-electron chi connectivity index (χ1n) is 5.11. The third kappa shape index (κ3) is 5.34. The van der Waals surface area contributed by atoms with Gasteiger partial charge in [0, 0.05) is 18.4 Å². The Morgan fingerprint density at radius 3 is 2.44 bits per heavy atom. The van der Waals surface area contributed by atoms with Gasteiger partial charge in [0.05, 0.1) is 16.6 Å². The number of rotatable bonds is 5. The van der Waals surface area contributed by atoms with Gasteiger partial charge < -0.3 is 0 Å². The molecule has 18 heavy (non-hydrogen) atoms. The lowest BCUT2D eigenvalue weighted by molar-refractivity contribution is -0.146. The number of nitrogens with zero attached hydrogens (tertiary/aromatic N) is 1. The van der Waals surface area contributed by atoms with E-state index in [0.29, 0.717) is 20.9 Å². The fourth-order valence-electron chi connectivity index (χ4n) is 1.50. The number of alkyl halides is 4. The third-order valence-electron chi connectivity index (χ3n) is 2.23. The van der Waals surface area contributed by atoms with Gasteiger partial charge in [-0.1, -0.05) is 51.3 Å². The largest absolute Gasteiger partial charge is 0.401 e. The molecule has 1 rings (SSSR count). The normalized spacial score (nSPS) is 12.2. The van der Waals surface area contributed by atoms with Crippen LogP contribution in [0.3, 0.4) is 0 Å². The highest BCUT2D eigenvalue weighted by Gasteiger charge is 2.30. The van der Waals surface area contributed by atoms with Crippen molar-refractivity contribution in [2.75, 3.05) is 18.4 Å². The summed E-state index contributed by atoms with van der Waals surface area (Å²) in [4.78, 5) is 1.27. The molecule has 0 radical (unpaired) electrons. The molecule has 102 valence electrons. The van der Waals surface area contributed by atoms with Crippen molar-refractivity contribution in [1.29, 1.82) is 0 Å². The van der Waals surface area contributed by atoms with Crippen LogP contribution >= 0.6 is 39.1 Å². The summed E-state index contributed by atoms with van der Waals surface area (Å²) >= 11 is 14.9. The minimum atomic E-state index is -4.23. The lowest BCUT2D eigenvalue weighted by Gasteiger charge is -2.23. The molecule has 0 amide bonds. The summed E-state index contributed by atoms with van der Waals surface area (Å²) in [6.07, 6.45) is -4.23. The van der Waals surface area contributed by atoms with E-state index in [1.54, 1.807) is 18.2 Å². The number of hydrogen-bond acceptors (Lipinski definition) is 1. The van der Waals surface area contributed by atoms with Gasteiger partial charge in [0.15, 0.2) is 0 Å². The first-order valence-corrected chi connectivity index (χ1v) is 6.99. The van der Waals surface area contributed by atoms with Gasteiger partial charge in [0.2, 0.25) is 0 Å². The summed E-state index contributed by atoms with van der Waals surface area (Å²) in [7, 11) is 0. The summed E-state index contributed by atoms with van der Waals surface area (Å²) in [5.74, 6) is 0. The first-order chi connectivity index (χ1) is 8.33. The molecule has 0 aromatic heterocycles. The van der Waals surface area contributed by atoms with Crippen molar-refractivity contribution in [1.82, 2.24) is 4.90 Å². The molecule has 0 unspecified atom stereocenters. The standard InChI is InChI=1S/C11H11BrCl2F3N/c12-4-5-18(7-11(15,16)17)6-8-2-1-3-9(13)10(8)14/h1-3H,4-7H2. The zero-order valence-corrected chi connectivity index (χ0v) is 12.4. The van der Waals surface area contributed by atoms with Crippen molar-refractivity contribution in [2.45, 2.75) is 12.7 Å². The van der Waals surface area contributed by atoms with Crippen LogP contribution in [0.4, 0.5) is 13.2 Å². The highest BCUT2D eigenvalue weighted by Crippen LogP contribution is 2.27. The van der Waals surface area contributed by atoms with Crippen LogP contribution in [0.2, 0.25) is 10.0 Å². The molecular formula is C11H11BrCl2F3N. The average Bonchev–Trinajstić information content (AvgIpc) is 2.23. The molecule has 1 nitrogen and oxygen atoms in total. The Bertz CT molecular complexity index is 398. The average molecular weight is 365 g/mol. The molecule has 0 saturated carbocycles. The smallest absolute Gasteiger partial charge is 0.290 e. The number of hydrogen-bond donors (Lipinski definition) is 0. The van der Waals surface area contributed by atoms with E-state index < -0.39 is 12.7 Å². The van der Waals surface area contributed by atoms with Gasteiger partial charge in [-0.2, -0.15) is 13.2 Å². The summed E-state index contributed by atoms with van der Waals surface area (Å²) in [5, 5.41) is 1.11. The van der Waals surface area contributed by atoms with Gasteiger partial charge in [-0.05, 0) is 11.6 Å². The molecule has 0 spiro atoms. The fraction of sp³-hybridized carbons (Fsp3) is 0.455. The van der Waals surface area contributed by atoms with Crippen LogP contribution in [-0.4, -0.2) is 29.5 Å². The predicted octanol–water partition coefficient (Wildman–Crippen LogP) is 4.75. The Kier molecular flexibility index (Phi) is 6.24. The van der Waals surface area contributed by atoms with Crippen molar-refractivity contribution in [3.63, 3.8) is 0 Å². The van der Waals surface area contributed by atoms with Crippen LogP contribution < -0.4 is 0 Å². The zero-order valence-electron chi connectivity index (χ0n) is 9.28. The van der Waals surface area contributed by atoms with Crippen molar-refractivity contribution < 1.29 is 13.2 Å². The van der Waals surface area contributed by atoms with E-state index in [9.17, 15) is 13.2 Å². The monoisotopic (exact) mass is 363 g/mol. The van der Waals surface area contributed by atoms with Crippen LogP contribution in [-0.2, 0) is 6.54 Å². The van der Waals surface area contributed by atoms with Gasteiger partial charge in [-0.3, -0.25) is 4.90 Å². The molecule has 0 heterocycles. The van der Waals surface area contributed by atoms with E-state index in [4.69, 9.17) is 23.2 Å². The zero-order chi connectivity index (χ0) is 13.8. The summed E-state index contributed by atoms with van der Waals surface area (Å²) in [6.45, 7) is -0.575. The van der Waals surface area contributed by atoms with Gasteiger partial charge in [0.1, 0.15) is 0 Å². The number of benzene rings is 1. The maximum absolute atomic E-state index is 12.4. The van der Waals surface area contributed by atoms with Gasteiger partial charge >= 0.3 is 6.18 Å². The van der Waals surface area contributed by atoms with Crippen molar-refractivity contribution in [3.05, 3.63) is 33.8 Å². The van der Waals surface area contributed by atoms with Crippen LogP contribution in [0.1, 0.15) is 5.56 Å². The molecule has 0 saturated heterocycles. The summed E-state index contributed by atoms with van der Waals surface area (Å²) in [5.41, 5.74) is 0.592. The lowest BCUT2D eigenvalue weighted by atomic mass is 10.2. The molecule has 0 aliphatic rings. The van der Waals surface area contributed by atoms with E-state index >= 15 is 0 Å². The molecule has 1 aromatic carbocycles. The molecule has 0 aliphatic carbocycles. The summed E-state index contributed by atoms with van der Waals surface area (Å²) in [6, 6.07) is 4.95. The lowest BCUT2D eigenvalue weighted by Crippen LogP contribution is -2.35. The summed E-state index contributed by atoms with van der Waals surface area (Å²) < 4.78 is 37.2. The van der Waals surface area contributed by atoms with E-state index in [2.05, 4.69) is 15.9 Å². The minimum Gasteiger partial charge on any atom is -0.290 e. The van der Waals surface area contributed by atoms with Gasteiger partial charge in [0.25, 0.3) is 0 Å². The Morgan fingerprint density at radius 2 is 1.89 bits per heavy atom. The van der Waals surface area contributed by atoms with Crippen LogP contribution in [0, 0.1) is 0 Å². The van der Waals surface area contributed by atoms with E-state index in [0.717, 1.165) is 0 Å². The second-order valence-corrected chi connectivity index (χ2v) is 5.31. The Morgan fingerprint density at radius 1 is 1.22 bits per heavy atom. The highest BCUT2D eigenvalue weighted by atomic mass is 79.9. The first kappa shape index (κ1) is 16.1. The Hall–Kier alpha value is 0.0300. The van der Waals surface area contributed by atoms with Crippen LogP contribution in [0.25, 0.3) is 0 Å². The second kappa shape index (κ2) is 6.98. The Labute approximate surface area is 122 Å². The van der Waals surface area contributed by atoms with Crippen LogP contribution in [0.5, 0.6) is 0 Å². The maximum atomic E-state index is 12.4. The fourth-order valence-corrected chi connectivity index (χ4v) is 2.38. The molecule has 0 N–H and O–H groups in total. The second-order valence-electron chi connectivity index (χ2n) is 3.73. The predicted molar refractivity (Wildman–Crippen MR) is 71.6 cm³/mol. The third-order valence-corrected chi connectivity index (χ3v) is 3.44. The Balaban J connectivity index is 2.80. The molecule has 0 fully saturated rings. The molecule has 0 aliphatic heterocycles.